The fraction of sp³-hybridized carbons (Fsp3) is 1.00. The lowest BCUT2D eigenvalue weighted by Crippen LogP contribution is -2.05. The van der Waals surface area contributed by atoms with Crippen molar-refractivity contribution in [1.29, 1.82) is 0 Å². The normalized spacial score (nSPS) is 33.0. The topological polar surface area (TPSA) is 29.5 Å². The Morgan fingerprint density at radius 1 is 1.60 bits per heavy atom. The van der Waals surface area contributed by atoms with E-state index >= 15 is 0 Å². The predicted molar refractivity (Wildman–Crippen MR) is 39.8 cm³/mol. The maximum Gasteiger partial charge on any atom is 0.0579 e. The van der Waals surface area contributed by atoms with Crippen LogP contribution in [0.4, 0.5) is 0 Å². The van der Waals surface area contributed by atoms with E-state index in [1.807, 2.05) is 0 Å². The van der Waals surface area contributed by atoms with Gasteiger partial charge in [-0.3, -0.25) is 0 Å². The number of rotatable bonds is 3. The molecule has 1 fully saturated rings. The molecule has 1 aliphatic heterocycles. The Morgan fingerprint density at radius 2 is 2.40 bits per heavy atom. The zero-order valence-corrected chi connectivity index (χ0v) is 6.55. The summed E-state index contributed by atoms with van der Waals surface area (Å²) < 4.78 is 5.46. The van der Waals surface area contributed by atoms with E-state index in [0.29, 0.717) is 12.7 Å². The zero-order chi connectivity index (χ0) is 7.40. The lowest BCUT2D eigenvalue weighted by atomic mass is 10.1. The molecular formula is C8H16O2. The molecule has 0 saturated carbocycles. The van der Waals surface area contributed by atoms with Crippen molar-refractivity contribution in [1.82, 2.24) is 0 Å². The maximum atomic E-state index is 8.54. The van der Waals surface area contributed by atoms with Crippen molar-refractivity contribution >= 4 is 0 Å². The minimum atomic E-state index is 0.300. The van der Waals surface area contributed by atoms with E-state index in [-0.39, 0.29) is 0 Å². The van der Waals surface area contributed by atoms with Crippen LogP contribution in [0.3, 0.4) is 0 Å². The lowest BCUT2D eigenvalue weighted by Gasteiger charge is -2.06. The van der Waals surface area contributed by atoms with Crippen molar-refractivity contribution in [2.24, 2.45) is 5.92 Å². The molecule has 0 aromatic carbocycles. The molecule has 2 atom stereocenters. The minimum absolute atomic E-state index is 0.300. The molecule has 0 spiro atoms. The number of aliphatic hydroxyl groups is 1. The molecule has 0 radical (unpaired) electrons. The van der Waals surface area contributed by atoms with Gasteiger partial charge in [0.15, 0.2) is 0 Å². The standard InChI is InChI=1S/C8H16O2/c1-7-5-8(10-6-7)3-2-4-9/h7-9H,2-6H2,1H3. The average molecular weight is 144 g/mol. The Hall–Kier alpha value is -0.0800. The smallest absolute Gasteiger partial charge is 0.0579 e. The van der Waals surface area contributed by atoms with E-state index in [0.717, 1.165) is 25.4 Å². The molecule has 0 amide bonds. The highest BCUT2D eigenvalue weighted by atomic mass is 16.5. The van der Waals surface area contributed by atoms with Crippen molar-refractivity contribution in [3.63, 3.8) is 0 Å². The summed E-state index contributed by atoms with van der Waals surface area (Å²) in [5.41, 5.74) is 0. The monoisotopic (exact) mass is 144 g/mol. The molecule has 60 valence electrons. The first kappa shape index (κ1) is 8.02. The first-order valence-corrected chi connectivity index (χ1v) is 4.05. The van der Waals surface area contributed by atoms with E-state index in [2.05, 4.69) is 6.92 Å². The van der Waals surface area contributed by atoms with Gasteiger partial charge in [0.2, 0.25) is 0 Å². The zero-order valence-electron chi connectivity index (χ0n) is 6.55. The Balaban J connectivity index is 2.06. The first-order chi connectivity index (χ1) is 4.83. The van der Waals surface area contributed by atoms with Gasteiger partial charge in [-0.05, 0) is 25.2 Å². The number of ether oxygens (including phenoxy) is 1. The Labute approximate surface area is 62.2 Å². The van der Waals surface area contributed by atoms with E-state index in [1.165, 1.54) is 6.42 Å². The van der Waals surface area contributed by atoms with Crippen molar-refractivity contribution < 1.29 is 9.84 Å². The quantitative estimate of drug-likeness (QED) is 0.644. The summed E-state index contributed by atoms with van der Waals surface area (Å²) in [4.78, 5) is 0. The number of hydrogen-bond donors (Lipinski definition) is 1. The molecule has 1 aliphatic rings. The average Bonchev–Trinajstić information content (AvgIpc) is 2.31. The van der Waals surface area contributed by atoms with Gasteiger partial charge in [0.1, 0.15) is 0 Å². The van der Waals surface area contributed by atoms with Crippen LogP contribution in [0.1, 0.15) is 26.2 Å². The largest absolute Gasteiger partial charge is 0.396 e. The molecule has 1 saturated heterocycles. The van der Waals surface area contributed by atoms with Crippen LogP contribution < -0.4 is 0 Å². The Bertz CT molecular complexity index is 93.3. The fourth-order valence-corrected chi connectivity index (χ4v) is 1.41. The van der Waals surface area contributed by atoms with Crippen LogP contribution in [0.5, 0.6) is 0 Å². The summed E-state index contributed by atoms with van der Waals surface area (Å²) in [6, 6.07) is 0. The number of hydrogen-bond acceptors (Lipinski definition) is 2. The van der Waals surface area contributed by atoms with Crippen LogP contribution in [-0.2, 0) is 4.74 Å². The fourth-order valence-electron chi connectivity index (χ4n) is 1.41. The Morgan fingerprint density at radius 3 is 2.90 bits per heavy atom. The SMILES string of the molecule is CC1COC(CCCO)C1. The third kappa shape index (κ3) is 2.27. The summed E-state index contributed by atoms with van der Waals surface area (Å²) in [5.74, 6) is 0.726. The summed E-state index contributed by atoms with van der Waals surface area (Å²) in [5, 5.41) is 8.54. The van der Waals surface area contributed by atoms with Gasteiger partial charge >= 0.3 is 0 Å². The molecule has 2 unspecified atom stereocenters. The van der Waals surface area contributed by atoms with Crippen molar-refractivity contribution in [3.8, 4) is 0 Å². The molecule has 10 heavy (non-hydrogen) atoms. The summed E-state index contributed by atoms with van der Waals surface area (Å²) in [7, 11) is 0. The molecule has 0 aromatic rings. The van der Waals surface area contributed by atoms with E-state index in [9.17, 15) is 0 Å². The molecule has 0 aliphatic carbocycles. The number of aliphatic hydroxyl groups excluding tert-OH is 1. The molecular weight excluding hydrogens is 128 g/mol. The van der Waals surface area contributed by atoms with Crippen LogP contribution in [-0.4, -0.2) is 24.4 Å². The third-order valence-electron chi connectivity index (χ3n) is 1.97. The van der Waals surface area contributed by atoms with Gasteiger partial charge in [-0.2, -0.15) is 0 Å². The maximum absolute atomic E-state index is 8.54. The van der Waals surface area contributed by atoms with Gasteiger partial charge in [0, 0.05) is 13.2 Å². The summed E-state index contributed by atoms with van der Waals surface area (Å²) >= 11 is 0. The second kappa shape index (κ2) is 3.94. The lowest BCUT2D eigenvalue weighted by molar-refractivity contribution is 0.0940. The van der Waals surface area contributed by atoms with Crippen molar-refractivity contribution in [2.75, 3.05) is 13.2 Å². The molecule has 2 nitrogen and oxygen atoms in total. The molecule has 0 aromatic heterocycles. The predicted octanol–water partition coefficient (Wildman–Crippen LogP) is 1.18. The van der Waals surface area contributed by atoms with Gasteiger partial charge < -0.3 is 9.84 Å². The molecule has 1 heterocycles. The van der Waals surface area contributed by atoms with E-state index in [1.54, 1.807) is 0 Å². The summed E-state index contributed by atoms with van der Waals surface area (Å²) in [6.45, 7) is 3.42. The minimum Gasteiger partial charge on any atom is -0.396 e. The van der Waals surface area contributed by atoms with Crippen LogP contribution in [0.15, 0.2) is 0 Å². The van der Waals surface area contributed by atoms with Crippen LogP contribution in [0.25, 0.3) is 0 Å². The third-order valence-corrected chi connectivity index (χ3v) is 1.97. The highest BCUT2D eigenvalue weighted by Crippen LogP contribution is 2.21. The second-order valence-corrected chi connectivity index (χ2v) is 3.16. The molecule has 0 bridgehead atoms. The van der Waals surface area contributed by atoms with E-state index in [4.69, 9.17) is 9.84 Å². The van der Waals surface area contributed by atoms with Crippen LogP contribution in [0, 0.1) is 5.92 Å². The van der Waals surface area contributed by atoms with Crippen molar-refractivity contribution in [3.05, 3.63) is 0 Å². The molecule has 2 heteroatoms. The van der Waals surface area contributed by atoms with Gasteiger partial charge in [-0.1, -0.05) is 6.92 Å². The Kier molecular flexibility index (Phi) is 3.16. The molecule has 1 N–H and O–H groups in total. The van der Waals surface area contributed by atoms with E-state index < -0.39 is 0 Å². The second-order valence-electron chi connectivity index (χ2n) is 3.16. The van der Waals surface area contributed by atoms with Gasteiger partial charge in [0.25, 0.3) is 0 Å². The highest BCUT2D eigenvalue weighted by Gasteiger charge is 2.20. The van der Waals surface area contributed by atoms with Crippen molar-refractivity contribution in [2.45, 2.75) is 32.3 Å². The van der Waals surface area contributed by atoms with Crippen LogP contribution in [0.2, 0.25) is 0 Å². The van der Waals surface area contributed by atoms with Crippen LogP contribution >= 0.6 is 0 Å². The first-order valence-electron chi connectivity index (χ1n) is 4.05. The summed E-state index contributed by atoms with van der Waals surface area (Å²) in [6.07, 6.45) is 3.53. The van der Waals surface area contributed by atoms with Gasteiger partial charge in [-0.15, -0.1) is 0 Å². The van der Waals surface area contributed by atoms with Gasteiger partial charge in [0.05, 0.1) is 6.10 Å². The molecule has 1 rings (SSSR count). The highest BCUT2D eigenvalue weighted by molar-refractivity contribution is 4.69. The van der Waals surface area contributed by atoms with Gasteiger partial charge in [-0.25, -0.2) is 0 Å².